The first-order valence-corrected chi connectivity index (χ1v) is 10.8. The number of carbonyl (C=O) groups is 1. The van der Waals surface area contributed by atoms with E-state index in [0.717, 1.165) is 32.2 Å². The highest BCUT2D eigenvalue weighted by Gasteiger charge is 2.33. The molecule has 0 radical (unpaired) electrons. The maximum Gasteiger partial charge on any atom is 0.253 e. The van der Waals surface area contributed by atoms with Gasteiger partial charge in [-0.3, -0.25) is 4.79 Å². The number of nitrogens with two attached hydrogens (primary N) is 3. The molecule has 0 aromatic heterocycles. The average Bonchev–Trinajstić information content (AvgIpc) is 2.80. The summed E-state index contributed by atoms with van der Waals surface area (Å²) in [7, 11) is 0. The van der Waals surface area contributed by atoms with Gasteiger partial charge in [-0.15, -0.1) is 0 Å². The SMILES string of the molecule is NCC1(N/C=C(/C(N)=O)C(N)=Nc2ccc(F)cc2)CCC(NCc2ccccc2)CC1. The van der Waals surface area contributed by atoms with Gasteiger partial charge in [0.15, 0.2) is 0 Å². The number of amidine groups is 1. The Hall–Kier alpha value is -3.23. The largest absolute Gasteiger partial charge is 0.383 e. The van der Waals surface area contributed by atoms with Crippen LogP contribution in [0.2, 0.25) is 0 Å². The number of hydrogen-bond acceptors (Lipinski definition) is 5. The molecule has 1 aliphatic carbocycles. The van der Waals surface area contributed by atoms with Crippen molar-refractivity contribution in [2.45, 2.75) is 43.8 Å². The van der Waals surface area contributed by atoms with Crippen LogP contribution in [0.5, 0.6) is 0 Å². The lowest BCUT2D eigenvalue weighted by atomic mass is 9.79. The van der Waals surface area contributed by atoms with Gasteiger partial charge in [0.25, 0.3) is 5.91 Å². The highest BCUT2D eigenvalue weighted by atomic mass is 19.1. The molecule has 0 spiro atoms. The Labute approximate surface area is 188 Å². The van der Waals surface area contributed by atoms with Gasteiger partial charge in [0.2, 0.25) is 0 Å². The van der Waals surface area contributed by atoms with Crippen LogP contribution in [0.4, 0.5) is 10.1 Å². The number of nitrogens with one attached hydrogen (secondary N) is 2. The van der Waals surface area contributed by atoms with Crippen molar-refractivity contribution in [2.75, 3.05) is 6.54 Å². The third-order valence-electron chi connectivity index (χ3n) is 5.91. The molecule has 2 aromatic carbocycles. The van der Waals surface area contributed by atoms with Crippen molar-refractivity contribution >= 4 is 17.4 Å². The zero-order valence-corrected chi connectivity index (χ0v) is 18.1. The zero-order chi connectivity index (χ0) is 23.0. The van der Waals surface area contributed by atoms with Crippen molar-refractivity contribution in [3.05, 3.63) is 77.8 Å². The third-order valence-corrected chi connectivity index (χ3v) is 5.91. The van der Waals surface area contributed by atoms with Gasteiger partial charge in [-0.25, -0.2) is 9.38 Å². The van der Waals surface area contributed by atoms with Gasteiger partial charge in [0.05, 0.1) is 11.3 Å². The van der Waals surface area contributed by atoms with Crippen LogP contribution in [-0.4, -0.2) is 29.9 Å². The molecule has 1 aliphatic rings. The number of aliphatic imine (C=N–C) groups is 1. The number of hydrogen-bond donors (Lipinski definition) is 5. The molecule has 3 rings (SSSR count). The predicted octanol–water partition coefficient (Wildman–Crippen LogP) is 2.20. The summed E-state index contributed by atoms with van der Waals surface area (Å²) in [5.41, 5.74) is 19.0. The molecule has 0 atom stereocenters. The van der Waals surface area contributed by atoms with Crippen LogP contribution in [0.3, 0.4) is 0 Å². The molecule has 0 heterocycles. The molecule has 0 unspecified atom stereocenters. The van der Waals surface area contributed by atoms with Gasteiger partial charge in [-0.1, -0.05) is 30.3 Å². The van der Waals surface area contributed by atoms with E-state index < -0.39 is 5.91 Å². The average molecular weight is 439 g/mol. The first kappa shape index (κ1) is 23.4. The summed E-state index contributed by atoms with van der Waals surface area (Å²) < 4.78 is 13.1. The predicted molar refractivity (Wildman–Crippen MR) is 125 cm³/mol. The van der Waals surface area contributed by atoms with Crippen molar-refractivity contribution in [1.29, 1.82) is 0 Å². The van der Waals surface area contributed by atoms with Crippen molar-refractivity contribution in [2.24, 2.45) is 22.2 Å². The molecule has 0 aliphatic heterocycles. The van der Waals surface area contributed by atoms with Crippen LogP contribution in [0.25, 0.3) is 0 Å². The molecule has 8 heteroatoms. The summed E-state index contributed by atoms with van der Waals surface area (Å²) in [6.45, 7) is 1.24. The molecule has 1 amide bonds. The van der Waals surface area contributed by atoms with Crippen molar-refractivity contribution in [1.82, 2.24) is 10.6 Å². The maximum atomic E-state index is 13.1. The fourth-order valence-electron chi connectivity index (χ4n) is 3.85. The molecule has 0 saturated heterocycles. The van der Waals surface area contributed by atoms with Crippen molar-refractivity contribution in [3.8, 4) is 0 Å². The van der Waals surface area contributed by atoms with E-state index in [1.54, 1.807) is 0 Å². The molecule has 170 valence electrons. The molecule has 1 saturated carbocycles. The van der Waals surface area contributed by atoms with E-state index in [-0.39, 0.29) is 22.8 Å². The lowest BCUT2D eigenvalue weighted by Crippen LogP contribution is -2.53. The van der Waals surface area contributed by atoms with E-state index >= 15 is 0 Å². The molecular formula is C24H31FN6O. The Morgan fingerprint density at radius 3 is 2.34 bits per heavy atom. The number of halogens is 1. The molecule has 2 aromatic rings. The van der Waals surface area contributed by atoms with E-state index in [2.05, 4.69) is 27.8 Å². The van der Waals surface area contributed by atoms with Gasteiger partial charge in [-0.05, 0) is 55.5 Å². The monoisotopic (exact) mass is 438 g/mol. The molecule has 32 heavy (non-hydrogen) atoms. The van der Waals surface area contributed by atoms with Gasteiger partial charge in [0, 0.05) is 30.9 Å². The summed E-state index contributed by atoms with van der Waals surface area (Å²) in [4.78, 5) is 16.2. The molecule has 1 fully saturated rings. The first-order chi connectivity index (χ1) is 15.4. The molecule has 0 bridgehead atoms. The van der Waals surface area contributed by atoms with Crippen molar-refractivity contribution < 1.29 is 9.18 Å². The number of primary amides is 1. The number of amides is 1. The minimum Gasteiger partial charge on any atom is -0.383 e. The molecule has 8 N–H and O–H groups in total. The van der Waals surface area contributed by atoms with Crippen LogP contribution < -0.4 is 27.8 Å². The smallest absolute Gasteiger partial charge is 0.253 e. The minimum absolute atomic E-state index is 0.0398. The van der Waals surface area contributed by atoms with E-state index in [9.17, 15) is 9.18 Å². The van der Waals surface area contributed by atoms with Gasteiger partial charge >= 0.3 is 0 Å². The molecular weight excluding hydrogens is 407 g/mol. The van der Waals surface area contributed by atoms with Crippen molar-refractivity contribution in [3.63, 3.8) is 0 Å². The standard InChI is InChI=1S/C24H31FN6O/c25-18-6-8-20(9-7-18)31-22(27)21(23(28)32)15-30-24(16-26)12-10-19(11-13-24)29-14-17-4-2-1-3-5-17/h1-9,15,19,29-30H,10-14,16,26H2,(H2,27,31)(H2,28,32)/b21-15+. The summed E-state index contributed by atoms with van der Waals surface area (Å²) in [5.74, 6) is -1.12. The Morgan fingerprint density at radius 1 is 1.09 bits per heavy atom. The maximum absolute atomic E-state index is 13.1. The number of carbonyl (C=O) groups excluding carboxylic acids is 1. The second kappa shape index (κ2) is 10.9. The summed E-state index contributed by atoms with van der Waals surface area (Å²) >= 11 is 0. The minimum atomic E-state index is -0.703. The van der Waals surface area contributed by atoms with Crippen LogP contribution >= 0.6 is 0 Å². The van der Waals surface area contributed by atoms with E-state index in [1.807, 2.05) is 18.2 Å². The summed E-state index contributed by atoms with van der Waals surface area (Å²) in [6.07, 6.45) is 5.10. The Kier molecular flexibility index (Phi) is 7.97. The Bertz CT molecular complexity index is 950. The quantitative estimate of drug-likeness (QED) is 0.233. The zero-order valence-electron chi connectivity index (χ0n) is 18.1. The fourth-order valence-corrected chi connectivity index (χ4v) is 3.85. The van der Waals surface area contributed by atoms with Crippen LogP contribution in [0.15, 0.2) is 71.4 Å². The normalized spacial score (nSPS) is 21.9. The second-order valence-electron chi connectivity index (χ2n) is 8.17. The molecule has 7 nitrogen and oxygen atoms in total. The van der Waals surface area contributed by atoms with Crippen LogP contribution in [0, 0.1) is 5.82 Å². The van der Waals surface area contributed by atoms with E-state index in [0.29, 0.717) is 18.3 Å². The summed E-state index contributed by atoms with van der Waals surface area (Å²) in [5, 5.41) is 6.91. The second-order valence-corrected chi connectivity index (χ2v) is 8.17. The van der Waals surface area contributed by atoms with Crippen LogP contribution in [-0.2, 0) is 11.3 Å². The number of benzene rings is 2. The third kappa shape index (κ3) is 6.38. The topological polar surface area (TPSA) is 132 Å². The van der Waals surface area contributed by atoms with Gasteiger partial charge in [0.1, 0.15) is 11.7 Å². The lowest BCUT2D eigenvalue weighted by molar-refractivity contribution is -0.114. The Balaban J connectivity index is 1.62. The number of nitrogens with zero attached hydrogens (tertiary/aromatic N) is 1. The number of rotatable bonds is 9. The van der Waals surface area contributed by atoms with E-state index in [4.69, 9.17) is 17.2 Å². The summed E-state index contributed by atoms with van der Waals surface area (Å²) in [6, 6.07) is 16.2. The van der Waals surface area contributed by atoms with E-state index in [1.165, 1.54) is 36.0 Å². The highest BCUT2D eigenvalue weighted by molar-refractivity contribution is 6.20. The Morgan fingerprint density at radius 2 is 1.75 bits per heavy atom. The van der Waals surface area contributed by atoms with Gasteiger partial charge < -0.3 is 27.8 Å². The van der Waals surface area contributed by atoms with Crippen LogP contribution in [0.1, 0.15) is 31.2 Å². The lowest BCUT2D eigenvalue weighted by Gasteiger charge is -2.40. The van der Waals surface area contributed by atoms with Gasteiger partial charge in [-0.2, -0.15) is 0 Å². The fraction of sp³-hybridized carbons (Fsp3) is 0.333. The highest BCUT2D eigenvalue weighted by Crippen LogP contribution is 2.28. The first-order valence-electron chi connectivity index (χ1n) is 10.8.